The fourth-order valence-corrected chi connectivity index (χ4v) is 2.80. The Labute approximate surface area is 176 Å². The Hall–Kier alpha value is -2.55. The molecule has 0 aliphatic heterocycles. The van der Waals surface area contributed by atoms with Crippen molar-refractivity contribution < 1.29 is 4.79 Å². The van der Waals surface area contributed by atoms with Crippen molar-refractivity contribution in [3.63, 3.8) is 0 Å². The largest absolute Gasteiger partial charge is 0.340 e. The lowest BCUT2D eigenvalue weighted by Gasteiger charge is -2.10. The number of carbonyl (C=O) groups is 1. The Morgan fingerprint density at radius 2 is 2.07 bits per heavy atom. The van der Waals surface area contributed by atoms with E-state index in [0.29, 0.717) is 28.7 Å². The molecule has 0 fully saturated rings. The van der Waals surface area contributed by atoms with Crippen molar-refractivity contribution in [3.05, 3.63) is 58.4 Å². The monoisotopic (exact) mass is 460 g/mol. The van der Waals surface area contributed by atoms with Crippen molar-refractivity contribution in [2.45, 2.75) is 0 Å². The summed E-state index contributed by atoms with van der Waals surface area (Å²) in [7, 11) is 3.86. The summed E-state index contributed by atoms with van der Waals surface area (Å²) in [6, 6.07) is 7.25. The summed E-state index contributed by atoms with van der Waals surface area (Å²) < 4.78 is 0.809. The minimum atomic E-state index is -0.250. The van der Waals surface area contributed by atoms with Crippen LogP contribution in [0.2, 0.25) is 5.02 Å². The van der Waals surface area contributed by atoms with Crippen molar-refractivity contribution in [2.24, 2.45) is 0 Å². The minimum absolute atomic E-state index is 0.250. The third-order valence-electron chi connectivity index (χ3n) is 3.70. The van der Waals surface area contributed by atoms with E-state index in [1.807, 2.05) is 31.1 Å². The molecule has 9 heteroatoms. The molecule has 7 nitrogen and oxygen atoms in total. The predicted molar refractivity (Wildman–Crippen MR) is 116 cm³/mol. The van der Waals surface area contributed by atoms with Gasteiger partial charge in [-0.25, -0.2) is 15.0 Å². The molecule has 144 valence electrons. The van der Waals surface area contributed by atoms with Crippen molar-refractivity contribution in [1.82, 2.24) is 19.9 Å². The fraction of sp³-hybridized carbons (Fsp3) is 0.158. The molecule has 1 aromatic carbocycles. The van der Waals surface area contributed by atoms with E-state index in [4.69, 9.17) is 11.6 Å². The van der Waals surface area contributed by atoms with Crippen LogP contribution in [0.1, 0.15) is 0 Å². The van der Waals surface area contributed by atoms with E-state index >= 15 is 0 Å². The molecule has 0 saturated heterocycles. The highest BCUT2D eigenvalue weighted by molar-refractivity contribution is 9.10. The molecule has 28 heavy (non-hydrogen) atoms. The summed E-state index contributed by atoms with van der Waals surface area (Å²) in [5.41, 5.74) is 1.43. The summed E-state index contributed by atoms with van der Waals surface area (Å²) in [5, 5.41) is 7.29. The van der Waals surface area contributed by atoms with E-state index in [1.54, 1.807) is 24.4 Å². The lowest BCUT2D eigenvalue weighted by atomic mass is 10.2. The molecule has 0 spiro atoms. The summed E-state index contributed by atoms with van der Waals surface area (Å²) in [6.45, 7) is 0.677. The molecule has 0 unspecified atom stereocenters. The number of hydrogen-bond donors (Lipinski definition) is 2. The number of amides is 1. The smallest absolute Gasteiger partial charge is 0.249 e. The van der Waals surface area contributed by atoms with Gasteiger partial charge in [-0.3, -0.25) is 4.79 Å². The lowest BCUT2D eigenvalue weighted by Crippen LogP contribution is -2.13. The number of likely N-dealkylation sites (N-methyl/N-ethyl adjacent to an activating group) is 1. The van der Waals surface area contributed by atoms with Crippen LogP contribution in [0.25, 0.3) is 10.9 Å². The standard InChI is InChI=1S/C19H18BrClN6O/c1-27(2)7-3-4-18(28)26-17-9-13-16(10-22-17)23-11-24-19(13)25-12-5-6-14(20)15(21)8-12/h3-6,8-11H,7H2,1-2H3,(H,22,26,28)(H,23,24,25). The molecule has 2 N–H and O–H groups in total. The van der Waals surface area contributed by atoms with E-state index in [1.165, 1.54) is 12.4 Å². The number of carbonyl (C=O) groups excluding carboxylic acids is 1. The molecule has 0 radical (unpaired) electrons. The Balaban J connectivity index is 1.84. The molecular weight excluding hydrogens is 444 g/mol. The molecule has 0 aliphatic rings. The van der Waals surface area contributed by atoms with Gasteiger partial charge in [-0.2, -0.15) is 0 Å². The molecule has 1 amide bonds. The number of aromatic nitrogens is 3. The van der Waals surface area contributed by atoms with Crippen LogP contribution in [-0.4, -0.2) is 46.4 Å². The maximum absolute atomic E-state index is 12.1. The van der Waals surface area contributed by atoms with E-state index in [0.717, 1.165) is 15.5 Å². The number of hydrogen-bond acceptors (Lipinski definition) is 6. The zero-order valence-corrected chi connectivity index (χ0v) is 17.6. The zero-order chi connectivity index (χ0) is 20.1. The van der Waals surface area contributed by atoms with E-state index in [-0.39, 0.29) is 5.91 Å². The topological polar surface area (TPSA) is 83.0 Å². The van der Waals surface area contributed by atoms with Crippen LogP contribution in [0.15, 0.2) is 53.4 Å². The SMILES string of the molecule is CN(C)CC=CC(=O)Nc1cc2c(Nc3ccc(Br)c(Cl)c3)ncnc2cn1. The van der Waals surface area contributed by atoms with E-state index in [2.05, 4.69) is 41.5 Å². The lowest BCUT2D eigenvalue weighted by molar-refractivity contribution is -0.111. The van der Waals surface area contributed by atoms with Gasteiger partial charge in [0.1, 0.15) is 18.0 Å². The maximum Gasteiger partial charge on any atom is 0.249 e. The molecule has 3 rings (SSSR count). The zero-order valence-electron chi connectivity index (χ0n) is 15.3. The van der Waals surface area contributed by atoms with Crippen LogP contribution >= 0.6 is 27.5 Å². The summed E-state index contributed by atoms with van der Waals surface area (Å²) in [6.07, 6.45) is 6.31. The van der Waals surface area contributed by atoms with Gasteiger partial charge in [0.2, 0.25) is 5.91 Å². The predicted octanol–water partition coefficient (Wildman–Crippen LogP) is 4.24. The number of nitrogens with zero attached hydrogens (tertiary/aromatic N) is 4. The number of pyridine rings is 1. The Morgan fingerprint density at radius 1 is 1.25 bits per heavy atom. The maximum atomic E-state index is 12.1. The highest BCUT2D eigenvalue weighted by atomic mass is 79.9. The van der Waals surface area contributed by atoms with Gasteiger partial charge in [0.15, 0.2) is 0 Å². The molecule has 2 aromatic heterocycles. The number of halogens is 2. The van der Waals surface area contributed by atoms with Gasteiger partial charge in [-0.1, -0.05) is 17.7 Å². The first-order valence-corrected chi connectivity index (χ1v) is 9.54. The van der Waals surface area contributed by atoms with Crippen molar-refractivity contribution >= 4 is 61.7 Å². The number of anilines is 3. The number of nitrogens with one attached hydrogen (secondary N) is 2. The van der Waals surface area contributed by atoms with Crippen LogP contribution in [0.3, 0.4) is 0 Å². The number of benzene rings is 1. The van der Waals surface area contributed by atoms with Gasteiger partial charge in [0.25, 0.3) is 0 Å². The Morgan fingerprint density at radius 3 is 2.82 bits per heavy atom. The first kappa shape index (κ1) is 20.2. The average molecular weight is 462 g/mol. The molecule has 3 aromatic rings. The molecule has 0 aliphatic carbocycles. The normalized spacial score (nSPS) is 11.3. The van der Waals surface area contributed by atoms with Gasteiger partial charge in [-0.05, 0) is 54.3 Å². The molecular formula is C19H18BrClN6O. The minimum Gasteiger partial charge on any atom is -0.340 e. The quantitative estimate of drug-likeness (QED) is 0.534. The average Bonchev–Trinajstić information content (AvgIpc) is 2.65. The van der Waals surface area contributed by atoms with Gasteiger partial charge in [-0.15, -0.1) is 0 Å². The van der Waals surface area contributed by atoms with Crippen molar-refractivity contribution in [1.29, 1.82) is 0 Å². The van der Waals surface area contributed by atoms with Crippen molar-refractivity contribution in [3.8, 4) is 0 Å². The number of fused-ring (bicyclic) bond motifs is 1. The van der Waals surface area contributed by atoms with Crippen LogP contribution in [0, 0.1) is 0 Å². The summed E-state index contributed by atoms with van der Waals surface area (Å²) in [4.78, 5) is 26.8. The third-order valence-corrected chi connectivity index (χ3v) is 4.93. The van der Waals surface area contributed by atoms with Crippen LogP contribution in [-0.2, 0) is 4.79 Å². The second kappa shape index (κ2) is 9.09. The van der Waals surface area contributed by atoms with Crippen LogP contribution in [0.5, 0.6) is 0 Å². The second-order valence-corrected chi connectivity index (χ2v) is 7.48. The summed E-state index contributed by atoms with van der Waals surface area (Å²) in [5.74, 6) is 0.753. The van der Waals surface area contributed by atoms with Crippen LogP contribution in [0.4, 0.5) is 17.3 Å². The highest BCUT2D eigenvalue weighted by Gasteiger charge is 2.08. The van der Waals surface area contributed by atoms with Gasteiger partial charge < -0.3 is 15.5 Å². The first-order chi connectivity index (χ1) is 13.4. The molecule has 0 atom stereocenters. The van der Waals surface area contributed by atoms with Gasteiger partial charge >= 0.3 is 0 Å². The first-order valence-electron chi connectivity index (χ1n) is 8.37. The molecule has 2 heterocycles. The fourth-order valence-electron chi connectivity index (χ4n) is 2.38. The van der Waals surface area contributed by atoms with Crippen LogP contribution < -0.4 is 10.6 Å². The highest BCUT2D eigenvalue weighted by Crippen LogP contribution is 2.29. The Bertz CT molecular complexity index is 1040. The molecule has 0 saturated carbocycles. The van der Waals surface area contributed by atoms with Gasteiger partial charge in [0, 0.05) is 28.2 Å². The van der Waals surface area contributed by atoms with E-state index < -0.39 is 0 Å². The number of rotatable bonds is 6. The Kier molecular flexibility index (Phi) is 6.56. The molecule has 0 bridgehead atoms. The van der Waals surface area contributed by atoms with E-state index in [9.17, 15) is 4.79 Å². The van der Waals surface area contributed by atoms with Gasteiger partial charge in [0.05, 0.1) is 16.7 Å². The third kappa shape index (κ3) is 5.25. The second-order valence-electron chi connectivity index (χ2n) is 6.22. The van der Waals surface area contributed by atoms with Crippen molar-refractivity contribution in [2.75, 3.05) is 31.3 Å². The summed E-state index contributed by atoms with van der Waals surface area (Å²) >= 11 is 9.53.